The van der Waals surface area contributed by atoms with Crippen LogP contribution < -0.4 is 0 Å². The molecule has 2 nitrogen and oxygen atoms in total. The number of benzene rings is 9. The maximum absolute atomic E-state index is 6.52. The van der Waals surface area contributed by atoms with Gasteiger partial charge in [0.05, 0.1) is 0 Å². The van der Waals surface area contributed by atoms with Crippen molar-refractivity contribution in [3.63, 3.8) is 0 Å². The molecule has 0 radical (unpaired) electrons. The minimum absolute atomic E-state index is 0.907. The summed E-state index contributed by atoms with van der Waals surface area (Å²) in [5.74, 6) is 0. The lowest BCUT2D eigenvalue weighted by Gasteiger charge is -2.20. The minimum Gasteiger partial charge on any atom is -0.456 e. The van der Waals surface area contributed by atoms with E-state index in [0.29, 0.717) is 0 Å². The number of hydrogen-bond acceptors (Lipinski definition) is 2. The van der Waals surface area contributed by atoms with Gasteiger partial charge >= 0.3 is 0 Å². The maximum atomic E-state index is 6.52. The van der Waals surface area contributed by atoms with Crippen molar-refractivity contribution in [2.24, 2.45) is 0 Å². The fraction of sp³-hybridized carbons (Fsp3) is 0. The van der Waals surface area contributed by atoms with Crippen molar-refractivity contribution >= 4 is 87.0 Å². The summed E-state index contributed by atoms with van der Waals surface area (Å²) in [6, 6.07) is 52.4. The summed E-state index contributed by atoms with van der Waals surface area (Å²) in [4.78, 5) is 0. The van der Waals surface area contributed by atoms with E-state index >= 15 is 0 Å². The fourth-order valence-electron chi connectivity index (χ4n) is 8.19. The first-order chi connectivity index (χ1) is 22.8. The van der Waals surface area contributed by atoms with Crippen LogP contribution in [0.3, 0.4) is 0 Å². The van der Waals surface area contributed by atoms with Gasteiger partial charge in [-0.25, -0.2) is 0 Å². The normalized spacial score (nSPS) is 12.3. The Hall–Kier alpha value is -6.12. The molecule has 2 aromatic heterocycles. The van der Waals surface area contributed by atoms with E-state index in [9.17, 15) is 0 Å². The zero-order valence-corrected chi connectivity index (χ0v) is 24.7. The van der Waals surface area contributed by atoms with Gasteiger partial charge in [-0.2, -0.15) is 0 Å². The Morgan fingerprint density at radius 2 is 0.804 bits per heavy atom. The first-order valence-corrected chi connectivity index (χ1v) is 15.8. The van der Waals surface area contributed by atoms with Crippen molar-refractivity contribution in [1.29, 1.82) is 0 Å². The van der Waals surface area contributed by atoms with Crippen molar-refractivity contribution in [3.8, 4) is 22.3 Å². The third-order valence-electron chi connectivity index (χ3n) is 9.98. The molecule has 0 bridgehead atoms. The molecule has 0 saturated carbocycles. The molecule has 11 aromatic rings. The predicted octanol–water partition coefficient (Wildman–Crippen LogP) is 12.9. The molecule has 0 amide bonds. The molecule has 46 heavy (non-hydrogen) atoms. The smallest absolute Gasteiger partial charge is 0.136 e. The van der Waals surface area contributed by atoms with Crippen molar-refractivity contribution in [2.45, 2.75) is 0 Å². The van der Waals surface area contributed by atoms with Crippen molar-refractivity contribution in [3.05, 3.63) is 146 Å². The molecule has 0 unspecified atom stereocenters. The number of fused-ring (bicyclic) bond motifs is 7. The number of hydrogen-bond donors (Lipinski definition) is 0. The van der Waals surface area contributed by atoms with Crippen molar-refractivity contribution in [1.82, 2.24) is 0 Å². The van der Waals surface area contributed by atoms with Crippen LogP contribution in [0.2, 0.25) is 0 Å². The second-order valence-electron chi connectivity index (χ2n) is 12.3. The Morgan fingerprint density at radius 1 is 0.283 bits per heavy atom. The monoisotopic (exact) mass is 584 g/mol. The highest BCUT2D eigenvalue weighted by Crippen LogP contribution is 2.51. The van der Waals surface area contributed by atoms with Crippen LogP contribution >= 0.6 is 0 Å². The molecule has 0 aliphatic rings. The van der Waals surface area contributed by atoms with Gasteiger partial charge in [0.2, 0.25) is 0 Å². The van der Waals surface area contributed by atoms with Crippen LogP contribution in [0, 0.1) is 0 Å². The summed E-state index contributed by atoms with van der Waals surface area (Å²) >= 11 is 0. The summed E-state index contributed by atoms with van der Waals surface area (Å²) in [5.41, 5.74) is 8.59. The molecule has 0 fully saturated rings. The minimum atomic E-state index is 0.907. The van der Waals surface area contributed by atoms with Gasteiger partial charge in [0.15, 0.2) is 0 Å². The van der Waals surface area contributed by atoms with E-state index in [2.05, 4.69) is 140 Å². The maximum Gasteiger partial charge on any atom is 0.136 e. The topological polar surface area (TPSA) is 26.3 Å². The molecule has 9 aromatic carbocycles. The van der Waals surface area contributed by atoms with Crippen LogP contribution in [0.25, 0.3) is 109 Å². The van der Waals surface area contributed by atoms with Gasteiger partial charge < -0.3 is 8.83 Å². The van der Waals surface area contributed by atoms with Gasteiger partial charge in [0, 0.05) is 26.9 Å². The van der Waals surface area contributed by atoms with Gasteiger partial charge in [0.1, 0.15) is 22.3 Å². The molecule has 11 rings (SSSR count). The summed E-state index contributed by atoms with van der Waals surface area (Å²) in [7, 11) is 0. The standard InChI is InChI=1S/C44H24O2/c1-2-13-27-25(11-1)24-38-44-39-26(12-9-21-36(39)46-38)23-34(43(27)44)41-30-16-5-3-14-28(30)40(29-15-4-6-17-31(29)41)33-19-10-22-37-42(33)32-18-7-8-20-35(32)45-37/h1-24H. The van der Waals surface area contributed by atoms with Crippen LogP contribution in [0.1, 0.15) is 0 Å². The average Bonchev–Trinajstić information content (AvgIpc) is 3.68. The van der Waals surface area contributed by atoms with Crippen LogP contribution in [-0.2, 0) is 0 Å². The predicted molar refractivity (Wildman–Crippen MR) is 193 cm³/mol. The molecule has 0 aliphatic heterocycles. The molecule has 0 N–H and O–H groups in total. The molecule has 0 atom stereocenters. The average molecular weight is 585 g/mol. The van der Waals surface area contributed by atoms with Crippen LogP contribution in [0.5, 0.6) is 0 Å². The highest BCUT2D eigenvalue weighted by molar-refractivity contribution is 6.35. The van der Waals surface area contributed by atoms with Crippen LogP contribution in [0.15, 0.2) is 154 Å². The Balaban J connectivity index is 1.37. The van der Waals surface area contributed by atoms with Gasteiger partial charge in [0.25, 0.3) is 0 Å². The summed E-state index contributed by atoms with van der Waals surface area (Å²) < 4.78 is 12.9. The highest BCUT2D eigenvalue weighted by Gasteiger charge is 2.24. The fourth-order valence-corrected chi connectivity index (χ4v) is 8.19. The second-order valence-corrected chi connectivity index (χ2v) is 12.3. The SMILES string of the molecule is c1ccc2c(c1)cc1oc3cccc4cc(-c5c6ccccc6c(-c6cccc7oc8ccccc8c67)c6ccccc56)c2c1c43. The van der Waals surface area contributed by atoms with Crippen molar-refractivity contribution < 1.29 is 8.83 Å². The Morgan fingerprint density at radius 3 is 1.54 bits per heavy atom. The number of furan rings is 2. The molecular formula is C44H24O2. The van der Waals surface area contributed by atoms with Gasteiger partial charge in [-0.3, -0.25) is 0 Å². The summed E-state index contributed by atoms with van der Waals surface area (Å²) in [5, 5.41) is 14.5. The van der Waals surface area contributed by atoms with Gasteiger partial charge in [-0.05, 0) is 90.3 Å². The molecule has 2 heterocycles. The van der Waals surface area contributed by atoms with E-state index in [1.807, 2.05) is 6.07 Å². The number of para-hydroxylation sites is 1. The first kappa shape index (κ1) is 24.2. The molecular weight excluding hydrogens is 560 g/mol. The van der Waals surface area contributed by atoms with E-state index in [4.69, 9.17) is 8.83 Å². The van der Waals surface area contributed by atoms with E-state index in [1.54, 1.807) is 0 Å². The largest absolute Gasteiger partial charge is 0.456 e. The second kappa shape index (κ2) is 8.74. The van der Waals surface area contributed by atoms with Gasteiger partial charge in [-0.1, -0.05) is 115 Å². The summed E-state index contributed by atoms with van der Waals surface area (Å²) in [6.07, 6.45) is 0. The highest BCUT2D eigenvalue weighted by atomic mass is 16.3. The van der Waals surface area contributed by atoms with Crippen LogP contribution in [-0.4, -0.2) is 0 Å². The lowest BCUT2D eigenvalue weighted by atomic mass is 9.82. The van der Waals surface area contributed by atoms with Crippen LogP contribution in [0.4, 0.5) is 0 Å². The third-order valence-corrected chi connectivity index (χ3v) is 9.98. The molecule has 0 saturated heterocycles. The molecule has 0 spiro atoms. The number of rotatable bonds is 2. The molecule has 2 heteroatoms. The Labute approximate surface area is 263 Å². The van der Waals surface area contributed by atoms with E-state index in [0.717, 1.165) is 33.1 Å². The zero-order chi connectivity index (χ0) is 29.9. The quantitative estimate of drug-likeness (QED) is 0.149. The third kappa shape index (κ3) is 3.05. The lowest BCUT2D eigenvalue weighted by Crippen LogP contribution is -1.93. The van der Waals surface area contributed by atoms with Gasteiger partial charge in [-0.15, -0.1) is 0 Å². The van der Waals surface area contributed by atoms with E-state index in [-0.39, 0.29) is 0 Å². The summed E-state index contributed by atoms with van der Waals surface area (Å²) in [6.45, 7) is 0. The molecule has 212 valence electrons. The first-order valence-electron chi connectivity index (χ1n) is 15.8. The zero-order valence-electron chi connectivity index (χ0n) is 24.7. The van der Waals surface area contributed by atoms with E-state index in [1.165, 1.54) is 76.1 Å². The Kier molecular flexibility index (Phi) is 4.61. The Bertz CT molecular complexity index is 2970. The molecule has 0 aliphatic carbocycles. The van der Waals surface area contributed by atoms with E-state index < -0.39 is 0 Å². The van der Waals surface area contributed by atoms with Crippen molar-refractivity contribution in [2.75, 3.05) is 0 Å². The lowest BCUT2D eigenvalue weighted by molar-refractivity contribution is 0.669.